The minimum absolute atomic E-state index is 0.853. The normalized spacial score (nSPS) is 11.9. The van der Waals surface area contributed by atoms with E-state index in [0.717, 1.165) is 145 Å². The van der Waals surface area contributed by atoms with Crippen LogP contribution in [0.5, 0.6) is 0 Å². The zero-order valence-corrected chi connectivity index (χ0v) is 56.6. The average Bonchev–Trinajstić information content (AvgIpc) is 0.930. The zero-order valence-electron chi connectivity index (χ0n) is 56.6. The summed E-state index contributed by atoms with van der Waals surface area (Å²) in [7, 11) is 0. The summed E-state index contributed by atoms with van der Waals surface area (Å²) >= 11 is 0. The monoisotopic (exact) mass is 1280 g/mol. The molecule has 0 atom stereocenters. The predicted octanol–water partition coefficient (Wildman–Crippen LogP) is 24.7. The number of para-hydroxylation sites is 4. The number of aryl methyl sites for hydroxylation is 6. The summed E-state index contributed by atoms with van der Waals surface area (Å²) in [6.07, 6.45) is 0. The highest BCUT2D eigenvalue weighted by Crippen LogP contribution is 2.53. The van der Waals surface area contributed by atoms with E-state index < -0.39 is 0 Å². The summed E-state index contributed by atoms with van der Waals surface area (Å²) in [5.74, 6) is 0. The van der Waals surface area contributed by atoms with E-state index in [1.807, 2.05) is 0 Å². The maximum atomic E-state index is 6.46. The van der Waals surface area contributed by atoms with E-state index in [9.17, 15) is 0 Å². The van der Waals surface area contributed by atoms with Crippen molar-refractivity contribution >= 4 is 87.2 Å². The van der Waals surface area contributed by atoms with Gasteiger partial charge in [-0.15, -0.1) is 0 Å². The van der Waals surface area contributed by atoms with Crippen LogP contribution < -0.4 is 0 Å². The molecule has 0 spiro atoms. The first-order valence-electron chi connectivity index (χ1n) is 34.6. The van der Waals surface area contributed by atoms with E-state index in [4.69, 9.17) is 9.97 Å². The van der Waals surface area contributed by atoms with Gasteiger partial charge in [-0.2, -0.15) is 0 Å². The second-order valence-electron chi connectivity index (χ2n) is 27.3. The maximum Gasteiger partial charge on any atom is 0.0795 e. The van der Waals surface area contributed by atoms with Gasteiger partial charge in [0.1, 0.15) is 0 Å². The van der Waals surface area contributed by atoms with Gasteiger partial charge < -0.3 is 18.3 Å². The van der Waals surface area contributed by atoms with Crippen LogP contribution in [0.2, 0.25) is 0 Å². The van der Waals surface area contributed by atoms with E-state index in [1.165, 1.54) is 65.3 Å². The first kappa shape index (κ1) is 58.7. The van der Waals surface area contributed by atoms with Gasteiger partial charge >= 0.3 is 0 Å². The second-order valence-corrected chi connectivity index (χ2v) is 27.3. The SMILES string of the molecule is Cc1ccc2c(c1)c1ccccc1n2-c1cccc(-c2nc(-c3cccc(-n4c5ccccc5c5cc(C)ccc54)c3)c(-c3cccc(-n4c5ccccc5c5cc(C)ccc54)c3)c(-c3ccccc3-c3cc(C)nc(C)c3)c2-c2cccc(-n3c4ccccc4c4cc(C)ccc43)c2)c1. The summed E-state index contributed by atoms with van der Waals surface area (Å²) in [5, 5.41) is 9.75. The first-order valence-corrected chi connectivity index (χ1v) is 34.6. The molecule has 0 aliphatic heterocycles. The van der Waals surface area contributed by atoms with Crippen LogP contribution in [-0.2, 0) is 0 Å². The van der Waals surface area contributed by atoms with Gasteiger partial charge in [-0.25, -0.2) is 4.98 Å². The number of aromatic nitrogens is 6. The molecule has 0 radical (unpaired) electrons. The minimum Gasteiger partial charge on any atom is -0.309 e. The van der Waals surface area contributed by atoms with Gasteiger partial charge in [0, 0.05) is 105 Å². The molecule has 13 aromatic carbocycles. The highest BCUT2D eigenvalue weighted by molar-refractivity contribution is 6.14. The van der Waals surface area contributed by atoms with Crippen LogP contribution in [0.3, 0.4) is 0 Å². The van der Waals surface area contributed by atoms with Gasteiger partial charge in [-0.3, -0.25) is 4.98 Å². The van der Waals surface area contributed by atoms with Crippen molar-refractivity contribution in [2.45, 2.75) is 41.5 Å². The molecule has 0 unspecified atom stereocenters. The smallest absolute Gasteiger partial charge is 0.0795 e. The molecule has 6 heteroatoms. The Bertz CT molecular complexity index is 6250. The Kier molecular flexibility index (Phi) is 13.5. The molecule has 0 aliphatic carbocycles. The molecule has 0 aliphatic rings. The number of hydrogen-bond acceptors (Lipinski definition) is 2. The third-order valence-corrected chi connectivity index (χ3v) is 20.6. The maximum absolute atomic E-state index is 6.46. The van der Waals surface area contributed by atoms with Crippen molar-refractivity contribution in [2.24, 2.45) is 0 Å². The van der Waals surface area contributed by atoms with Crippen LogP contribution in [0.4, 0.5) is 0 Å². The summed E-state index contributed by atoms with van der Waals surface area (Å²) in [6.45, 7) is 13.0. The Hall–Kier alpha value is -12.6. The zero-order chi connectivity index (χ0) is 67.0. The molecule has 0 amide bonds. The Morgan fingerprint density at radius 2 is 0.490 bits per heavy atom. The van der Waals surface area contributed by atoms with Crippen LogP contribution in [-0.4, -0.2) is 28.2 Å². The lowest BCUT2D eigenvalue weighted by Crippen LogP contribution is -2.04. The summed E-state index contributed by atoms with van der Waals surface area (Å²) in [5.41, 5.74) is 32.2. The summed E-state index contributed by atoms with van der Waals surface area (Å²) < 4.78 is 9.79. The molecule has 100 heavy (non-hydrogen) atoms. The predicted molar refractivity (Wildman–Crippen MR) is 420 cm³/mol. The van der Waals surface area contributed by atoms with Crippen molar-refractivity contribution in [3.8, 4) is 89.8 Å². The molecule has 19 rings (SSSR count). The molecule has 6 heterocycles. The van der Waals surface area contributed by atoms with Crippen molar-refractivity contribution in [3.63, 3.8) is 0 Å². The number of rotatable bonds is 10. The van der Waals surface area contributed by atoms with Gasteiger partial charge in [-0.1, -0.05) is 192 Å². The van der Waals surface area contributed by atoms with Crippen molar-refractivity contribution in [1.29, 1.82) is 0 Å². The molecule has 0 saturated heterocycles. The minimum atomic E-state index is 0.853. The van der Waals surface area contributed by atoms with Crippen molar-refractivity contribution < 1.29 is 0 Å². The topological polar surface area (TPSA) is 45.5 Å². The van der Waals surface area contributed by atoms with E-state index >= 15 is 0 Å². The van der Waals surface area contributed by atoms with Gasteiger partial charge in [0.2, 0.25) is 0 Å². The van der Waals surface area contributed by atoms with Gasteiger partial charge in [-0.05, 0) is 203 Å². The molecule has 6 aromatic heterocycles. The number of hydrogen-bond donors (Lipinski definition) is 0. The second kappa shape index (κ2) is 23.0. The number of fused-ring (bicyclic) bond motifs is 12. The third-order valence-electron chi connectivity index (χ3n) is 20.6. The van der Waals surface area contributed by atoms with Crippen LogP contribution in [0.15, 0.2) is 303 Å². The lowest BCUT2D eigenvalue weighted by atomic mass is 9.81. The van der Waals surface area contributed by atoms with Gasteiger partial charge in [0.05, 0.1) is 55.5 Å². The third kappa shape index (κ3) is 9.39. The Balaban J connectivity index is 0.990. The Morgan fingerprint density at radius 3 is 0.840 bits per heavy atom. The standard InChI is InChI=1S/C94H68N6/c1-57-39-43-86-78(47-57)73-30-9-13-35-82(73)97(86)68-25-17-21-63(53-68)90-92(77-34-8-7-29-72(77)67-51-61(5)95-62(6)52-67)91(64-22-18-26-69(54-64)98-83-36-14-10-31-74(83)79-48-58(2)40-44-87(79)98)94(66-24-20-28-71(56-66)100-85-38-16-12-33-76(85)81-50-60(4)42-46-89(81)100)96-93(90)65-23-19-27-70(55-65)99-84-37-15-11-32-75(84)80-49-59(3)41-45-88(80)99/h7-56H,1-6H3. The van der Waals surface area contributed by atoms with Crippen molar-refractivity contribution in [1.82, 2.24) is 28.2 Å². The number of nitrogens with zero attached hydrogens (tertiary/aromatic N) is 6. The first-order chi connectivity index (χ1) is 49.0. The summed E-state index contributed by atoms with van der Waals surface area (Å²) in [6, 6.07) is 113. The molecular formula is C94H68N6. The lowest BCUT2D eigenvalue weighted by Gasteiger charge is -2.26. The van der Waals surface area contributed by atoms with Crippen LogP contribution in [0, 0.1) is 41.5 Å². The highest BCUT2D eigenvalue weighted by Gasteiger charge is 2.30. The van der Waals surface area contributed by atoms with Gasteiger partial charge in [0.15, 0.2) is 0 Å². The van der Waals surface area contributed by atoms with E-state index in [2.05, 4.69) is 363 Å². The molecule has 0 fully saturated rings. The largest absolute Gasteiger partial charge is 0.309 e. The van der Waals surface area contributed by atoms with Crippen LogP contribution >= 0.6 is 0 Å². The molecule has 0 N–H and O–H groups in total. The van der Waals surface area contributed by atoms with Crippen molar-refractivity contribution in [2.75, 3.05) is 0 Å². The summed E-state index contributed by atoms with van der Waals surface area (Å²) in [4.78, 5) is 11.4. The number of benzene rings is 13. The fourth-order valence-corrected chi connectivity index (χ4v) is 16.4. The number of pyridine rings is 2. The fraction of sp³-hybridized carbons (Fsp3) is 0.0638. The van der Waals surface area contributed by atoms with E-state index in [1.54, 1.807) is 0 Å². The average molecular weight is 1280 g/mol. The highest BCUT2D eigenvalue weighted by atomic mass is 15.0. The molecule has 0 saturated carbocycles. The van der Waals surface area contributed by atoms with E-state index in [-0.39, 0.29) is 0 Å². The quantitative estimate of drug-likeness (QED) is 0.137. The molecule has 19 aromatic rings. The Morgan fingerprint density at radius 1 is 0.200 bits per heavy atom. The van der Waals surface area contributed by atoms with Gasteiger partial charge in [0.25, 0.3) is 0 Å². The van der Waals surface area contributed by atoms with Crippen LogP contribution in [0.1, 0.15) is 33.6 Å². The lowest BCUT2D eigenvalue weighted by molar-refractivity contribution is 1.12. The molecular weight excluding hydrogens is 1210 g/mol. The molecule has 6 nitrogen and oxygen atoms in total. The molecule has 0 bridgehead atoms. The van der Waals surface area contributed by atoms with E-state index in [0.29, 0.717) is 0 Å². The fourth-order valence-electron chi connectivity index (χ4n) is 16.4. The van der Waals surface area contributed by atoms with Crippen LogP contribution in [0.25, 0.3) is 177 Å². The van der Waals surface area contributed by atoms with Crippen molar-refractivity contribution in [3.05, 3.63) is 337 Å². The molecule has 474 valence electrons. The Labute approximate surface area is 580 Å².